The van der Waals surface area contributed by atoms with E-state index in [1.807, 2.05) is 0 Å². The van der Waals surface area contributed by atoms with Crippen LogP contribution in [0.5, 0.6) is 0 Å². The Balaban J connectivity index is 2.04. The topological polar surface area (TPSA) is 89.5 Å². The molecule has 0 aromatic heterocycles. The van der Waals surface area contributed by atoms with E-state index in [0.29, 0.717) is 5.01 Å². The highest BCUT2D eigenvalue weighted by Gasteiger charge is 2.62. The Morgan fingerprint density at radius 3 is 2.26 bits per heavy atom. The molecule has 0 fully saturated rings. The molecule has 0 saturated carbocycles. The Hall–Kier alpha value is -2.80. The lowest BCUT2D eigenvalue weighted by molar-refractivity contribution is -0.275. The Bertz CT molecular complexity index is 1290. The summed E-state index contributed by atoms with van der Waals surface area (Å²) < 4.78 is 67.2. The van der Waals surface area contributed by atoms with E-state index in [2.05, 4.69) is 10.6 Å². The van der Waals surface area contributed by atoms with Crippen LogP contribution in [-0.4, -0.2) is 43.2 Å². The molecule has 1 aliphatic rings. The maximum Gasteiger partial charge on any atom is 0.435 e. The molecule has 1 unspecified atom stereocenters. The van der Waals surface area contributed by atoms with Gasteiger partial charge in [-0.1, -0.05) is 46.0 Å². The quantitative estimate of drug-likeness (QED) is 0.228. The minimum atomic E-state index is -5.03. The van der Waals surface area contributed by atoms with Gasteiger partial charge in [-0.15, -0.1) is 0 Å². The van der Waals surface area contributed by atoms with Crippen molar-refractivity contribution in [1.29, 1.82) is 0 Å². The van der Waals surface area contributed by atoms with Crippen molar-refractivity contribution in [2.45, 2.75) is 44.6 Å². The number of hydrogen-bond acceptors (Lipinski definition) is 6. The van der Waals surface area contributed by atoms with Gasteiger partial charge in [0.2, 0.25) is 0 Å². The molecule has 2 aromatic carbocycles. The second kappa shape index (κ2) is 11.4. The van der Waals surface area contributed by atoms with Crippen molar-refractivity contribution < 1.29 is 41.5 Å². The molecule has 0 aliphatic carbocycles. The third kappa shape index (κ3) is 6.68. The van der Waals surface area contributed by atoms with Crippen molar-refractivity contribution in [2.75, 3.05) is 18.7 Å². The molecule has 2 aromatic rings. The highest BCUT2D eigenvalue weighted by molar-refractivity contribution is 6.35. The molecule has 0 bridgehead atoms. The van der Waals surface area contributed by atoms with Crippen molar-refractivity contribution in [2.24, 2.45) is 5.16 Å². The van der Waals surface area contributed by atoms with Gasteiger partial charge in [-0.3, -0.25) is 10.2 Å². The minimum absolute atomic E-state index is 0.0546. The molecule has 8 nitrogen and oxygen atoms in total. The first-order valence-electron chi connectivity index (χ1n) is 11.1. The van der Waals surface area contributed by atoms with E-state index in [0.717, 1.165) is 12.1 Å². The molecule has 1 heterocycles. The summed E-state index contributed by atoms with van der Waals surface area (Å²) in [5, 5.41) is 3.02. The second-order valence-corrected chi connectivity index (χ2v) is 10.6. The van der Waals surface area contributed by atoms with Crippen LogP contribution in [0.2, 0.25) is 15.1 Å². The number of methoxy groups -OCH3 is 1. The van der Waals surface area contributed by atoms with E-state index in [9.17, 15) is 27.2 Å². The zero-order chi connectivity index (χ0) is 29.3. The van der Waals surface area contributed by atoms with Crippen LogP contribution >= 0.6 is 34.8 Å². The predicted molar refractivity (Wildman–Crippen MR) is 137 cm³/mol. The number of ether oxygens (including phenoxy) is 2. The Morgan fingerprint density at radius 1 is 1.10 bits per heavy atom. The number of nitrogens with one attached hydrogen (secondary N) is 1. The standard InChI is InChI=1S/C24H22Cl3F4N3O5/c1-22(2,3)38-21(36)34(32-19(35)11-37-4)18-7-12(5-6-14(18)25)17-10-23(39-33-17,24(29,30)31)13-8-15(26)20(28)16(27)9-13/h5-9H,10-11H2,1-4H3,(H,32,35). The summed E-state index contributed by atoms with van der Waals surface area (Å²) in [6.07, 6.45) is -6.93. The molecule has 39 heavy (non-hydrogen) atoms. The summed E-state index contributed by atoms with van der Waals surface area (Å²) in [6.45, 7) is 4.35. The number of hydrogen-bond donors (Lipinski definition) is 1. The van der Waals surface area contributed by atoms with E-state index in [1.54, 1.807) is 20.8 Å². The van der Waals surface area contributed by atoms with Gasteiger partial charge in [-0.25, -0.2) is 9.18 Å². The van der Waals surface area contributed by atoms with Crippen molar-refractivity contribution in [3.05, 3.63) is 62.3 Å². The highest BCUT2D eigenvalue weighted by atomic mass is 35.5. The monoisotopic (exact) mass is 613 g/mol. The lowest BCUT2D eigenvalue weighted by atomic mass is 9.86. The van der Waals surface area contributed by atoms with Crippen LogP contribution in [0.1, 0.15) is 38.3 Å². The van der Waals surface area contributed by atoms with Crippen LogP contribution in [0, 0.1) is 5.82 Å². The molecular weight excluding hydrogens is 593 g/mol. The Morgan fingerprint density at radius 2 is 1.72 bits per heavy atom. The molecule has 1 aliphatic heterocycles. The van der Waals surface area contributed by atoms with Crippen molar-refractivity contribution in [1.82, 2.24) is 5.43 Å². The van der Waals surface area contributed by atoms with Gasteiger partial charge in [0.15, 0.2) is 5.82 Å². The fourth-order valence-corrected chi connectivity index (χ4v) is 4.20. The smallest absolute Gasteiger partial charge is 0.435 e. The molecule has 0 radical (unpaired) electrons. The lowest BCUT2D eigenvalue weighted by Crippen LogP contribution is -2.49. The van der Waals surface area contributed by atoms with E-state index >= 15 is 0 Å². The van der Waals surface area contributed by atoms with Gasteiger partial charge in [-0.05, 0) is 45.0 Å². The number of nitrogens with zero attached hydrogens (tertiary/aromatic N) is 2. The first-order chi connectivity index (χ1) is 18.0. The number of carbonyl (C=O) groups excluding carboxylic acids is 2. The first-order valence-corrected chi connectivity index (χ1v) is 12.2. The first kappa shape index (κ1) is 30.7. The van der Waals surface area contributed by atoms with Crippen LogP contribution in [0.15, 0.2) is 35.5 Å². The molecule has 2 amide bonds. The van der Waals surface area contributed by atoms with E-state index < -0.39 is 63.8 Å². The number of hydrazine groups is 1. The molecule has 212 valence electrons. The molecule has 0 saturated heterocycles. The average Bonchev–Trinajstić information content (AvgIpc) is 3.27. The third-order valence-corrected chi connectivity index (χ3v) is 6.11. The van der Waals surface area contributed by atoms with E-state index in [4.69, 9.17) is 49.1 Å². The molecule has 3 rings (SSSR count). The molecule has 1 atom stereocenters. The number of alkyl halides is 3. The summed E-state index contributed by atoms with van der Waals surface area (Å²) in [5.74, 6) is -1.83. The summed E-state index contributed by atoms with van der Waals surface area (Å²) in [4.78, 5) is 30.1. The Kier molecular flexibility index (Phi) is 8.95. The fraction of sp³-hybridized carbons (Fsp3) is 0.375. The summed E-state index contributed by atoms with van der Waals surface area (Å²) in [7, 11) is 1.26. The molecule has 15 heteroatoms. The normalized spacial score (nSPS) is 17.4. The SMILES string of the molecule is COCC(=O)NN(C(=O)OC(C)(C)C)c1cc(C2=NOC(c3cc(Cl)c(F)c(Cl)c3)(C(F)(F)F)C2)ccc1Cl. The van der Waals surface area contributed by atoms with Crippen molar-refractivity contribution in [3.8, 4) is 0 Å². The van der Waals surface area contributed by atoms with Gasteiger partial charge in [0.1, 0.15) is 12.2 Å². The van der Waals surface area contributed by atoms with Crippen LogP contribution in [0.4, 0.5) is 28.0 Å². The van der Waals surface area contributed by atoms with Crippen LogP contribution < -0.4 is 10.4 Å². The van der Waals surface area contributed by atoms with E-state index in [-0.39, 0.29) is 22.0 Å². The number of amides is 2. The zero-order valence-corrected chi connectivity index (χ0v) is 23.2. The van der Waals surface area contributed by atoms with Gasteiger partial charge in [-0.2, -0.15) is 18.2 Å². The van der Waals surface area contributed by atoms with Gasteiger partial charge in [0, 0.05) is 24.7 Å². The predicted octanol–water partition coefficient (Wildman–Crippen LogP) is 6.79. The van der Waals surface area contributed by atoms with Crippen LogP contribution in [-0.2, 0) is 24.7 Å². The second-order valence-electron chi connectivity index (χ2n) is 9.33. The molecular formula is C24H22Cl3F4N3O5. The molecule has 1 N–H and O–H groups in total. The zero-order valence-electron chi connectivity index (χ0n) is 20.9. The van der Waals surface area contributed by atoms with Crippen LogP contribution in [0.3, 0.4) is 0 Å². The maximum absolute atomic E-state index is 14.4. The Labute approximate surface area is 235 Å². The number of anilines is 1. The van der Waals surface area contributed by atoms with Crippen molar-refractivity contribution in [3.63, 3.8) is 0 Å². The highest BCUT2D eigenvalue weighted by Crippen LogP contribution is 2.50. The average molecular weight is 615 g/mol. The lowest BCUT2D eigenvalue weighted by Gasteiger charge is -2.30. The van der Waals surface area contributed by atoms with Gasteiger partial charge in [0.25, 0.3) is 11.5 Å². The van der Waals surface area contributed by atoms with E-state index in [1.165, 1.54) is 25.3 Å². The number of oxime groups is 1. The maximum atomic E-state index is 14.4. The molecule has 0 spiro atoms. The van der Waals surface area contributed by atoms with Gasteiger partial charge >= 0.3 is 12.3 Å². The van der Waals surface area contributed by atoms with Crippen molar-refractivity contribution >= 4 is 58.2 Å². The fourth-order valence-electron chi connectivity index (χ4n) is 3.51. The number of benzene rings is 2. The number of carbonyl (C=O) groups is 2. The van der Waals surface area contributed by atoms with Gasteiger partial charge in [0.05, 0.1) is 26.5 Å². The minimum Gasteiger partial charge on any atom is -0.442 e. The summed E-state index contributed by atoms with van der Waals surface area (Å²) in [5.41, 5.74) is -2.56. The van der Waals surface area contributed by atoms with Gasteiger partial charge < -0.3 is 14.3 Å². The largest absolute Gasteiger partial charge is 0.442 e. The summed E-state index contributed by atoms with van der Waals surface area (Å²) >= 11 is 17.8. The summed E-state index contributed by atoms with van der Waals surface area (Å²) in [6, 6.07) is 5.37. The third-order valence-electron chi connectivity index (χ3n) is 5.24. The number of halogens is 7. The van der Waals surface area contributed by atoms with Crippen LogP contribution in [0.25, 0.3) is 0 Å². The number of rotatable bonds is 5.